The van der Waals surface area contributed by atoms with E-state index < -0.39 is 47.4 Å². The molecule has 2 aliphatic heterocycles. The van der Waals surface area contributed by atoms with Gasteiger partial charge in [-0.1, -0.05) is 69.3 Å². The molecule has 0 bridgehead atoms. The Morgan fingerprint density at radius 3 is 2.27 bits per heavy atom. The van der Waals surface area contributed by atoms with Crippen molar-refractivity contribution in [3.63, 3.8) is 0 Å². The molecule has 3 N–H and O–H groups in total. The summed E-state index contributed by atoms with van der Waals surface area (Å²) in [6, 6.07) is 14.6. The molecular formula is C34H42N2O8. The van der Waals surface area contributed by atoms with Gasteiger partial charge in [0.05, 0.1) is 11.5 Å². The number of amides is 2. The van der Waals surface area contributed by atoms with Gasteiger partial charge in [-0.15, -0.1) is 0 Å². The first kappa shape index (κ1) is 32.7. The highest BCUT2D eigenvalue weighted by molar-refractivity contribution is 5.93. The maximum Gasteiger partial charge on any atom is 0.347 e. The molecule has 0 radical (unpaired) electrons. The van der Waals surface area contributed by atoms with Gasteiger partial charge < -0.3 is 30.0 Å². The van der Waals surface area contributed by atoms with E-state index in [4.69, 9.17) is 14.2 Å². The summed E-state index contributed by atoms with van der Waals surface area (Å²) in [7, 11) is 0. The lowest BCUT2D eigenvalue weighted by atomic mass is 9.92. The average Bonchev–Trinajstić information content (AvgIpc) is 3.79. The lowest BCUT2D eigenvalue weighted by Gasteiger charge is -2.29. The minimum Gasteiger partial charge on any atom is -0.508 e. The Morgan fingerprint density at radius 2 is 1.61 bits per heavy atom. The summed E-state index contributed by atoms with van der Waals surface area (Å²) in [5.74, 6) is -2.64. The topological polar surface area (TPSA) is 144 Å². The molecule has 2 amide bonds. The number of aromatic hydroxyl groups is 1. The SMILES string of the molecule is CC(C)C[C@@H]1OC(=O)C(C)(C)CNC(=O)[C@@H](c2ccc(O)cc2)NC(=O)C=CC[C@@H]([C@H](C)C2OC2c2ccccc2)OC1=O. The Kier molecular flexibility index (Phi) is 10.5. The number of esters is 2. The van der Waals surface area contributed by atoms with E-state index in [1.165, 1.54) is 30.3 Å². The molecule has 1 saturated heterocycles. The van der Waals surface area contributed by atoms with Crippen LogP contribution in [0.5, 0.6) is 5.75 Å². The van der Waals surface area contributed by atoms with E-state index in [0.717, 1.165) is 5.56 Å². The number of epoxide rings is 1. The number of hydrogen-bond acceptors (Lipinski definition) is 8. The summed E-state index contributed by atoms with van der Waals surface area (Å²) in [4.78, 5) is 53.2. The van der Waals surface area contributed by atoms with Crippen molar-refractivity contribution in [1.82, 2.24) is 10.6 Å². The third-order valence-corrected chi connectivity index (χ3v) is 7.89. The van der Waals surface area contributed by atoms with E-state index >= 15 is 0 Å². The summed E-state index contributed by atoms with van der Waals surface area (Å²) in [6.07, 6.45) is 1.14. The average molecular weight is 607 g/mol. The first-order valence-electron chi connectivity index (χ1n) is 15.0. The van der Waals surface area contributed by atoms with Gasteiger partial charge in [-0.3, -0.25) is 14.4 Å². The first-order valence-corrected chi connectivity index (χ1v) is 15.0. The standard InChI is InChI=1S/C34H42N2O8/c1-20(2)18-26-32(40)42-25(21(3)29-30(44-29)23-10-7-6-8-11-23)12-9-13-27(38)36-28(22-14-16-24(37)17-15-22)31(39)35-19-34(4,5)33(41)43-26/h6-11,13-17,20-21,25-26,28-30,37H,12,18-19H2,1-5H3,(H,35,39)(H,36,38)/t21-,25-,26-,28+,29?,30?/m0/s1. The van der Waals surface area contributed by atoms with Crippen LogP contribution in [0.25, 0.3) is 0 Å². The van der Waals surface area contributed by atoms with Crippen molar-refractivity contribution in [2.45, 2.75) is 77.9 Å². The highest BCUT2D eigenvalue weighted by Crippen LogP contribution is 2.45. The molecular weight excluding hydrogens is 564 g/mol. The molecule has 44 heavy (non-hydrogen) atoms. The van der Waals surface area contributed by atoms with Gasteiger partial charge in [-0.2, -0.15) is 0 Å². The number of rotatable bonds is 6. The minimum absolute atomic E-state index is 0.0114. The second kappa shape index (κ2) is 14.1. The molecule has 10 heteroatoms. The van der Waals surface area contributed by atoms with Crippen molar-refractivity contribution in [3.8, 4) is 5.75 Å². The lowest BCUT2D eigenvalue weighted by molar-refractivity contribution is -0.179. The third kappa shape index (κ3) is 8.47. The van der Waals surface area contributed by atoms with Crippen molar-refractivity contribution in [2.24, 2.45) is 17.3 Å². The molecule has 2 aliphatic rings. The summed E-state index contributed by atoms with van der Waals surface area (Å²) < 4.78 is 17.8. The summed E-state index contributed by atoms with van der Waals surface area (Å²) in [6.45, 7) is 8.85. The minimum atomic E-state index is -1.21. The van der Waals surface area contributed by atoms with Gasteiger partial charge in [-0.25, -0.2) is 4.79 Å². The van der Waals surface area contributed by atoms with Crippen molar-refractivity contribution in [1.29, 1.82) is 0 Å². The number of cyclic esters (lactones) is 2. The fourth-order valence-electron chi connectivity index (χ4n) is 5.10. The molecule has 1 fully saturated rings. The highest BCUT2D eigenvalue weighted by Gasteiger charge is 2.48. The van der Waals surface area contributed by atoms with E-state index in [9.17, 15) is 24.3 Å². The third-order valence-electron chi connectivity index (χ3n) is 7.89. The number of hydrogen-bond donors (Lipinski definition) is 3. The van der Waals surface area contributed by atoms with Gasteiger partial charge in [0.25, 0.3) is 0 Å². The monoisotopic (exact) mass is 606 g/mol. The number of phenolic OH excluding ortho intramolecular Hbond substituents is 1. The fourth-order valence-corrected chi connectivity index (χ4v) is 5.10. The second-order valence-electron chi connectivity index (χ2n) is 12.6. The number of carbonyl (C=O) groups is 4. The molecule has 10 nitrogen and oxygen atoms in total. The van der Waals surface area contributed by atoms with E-state index in [2.05, 4.69) is 10.6 Å². The van der Waals surface area contributed by atoms with Crippen LogP contribution in [0.2, 0.25) is 0 Å². The number of carbonyl (C=O) groups excluding carboxylic acids is 4. The zero-order valence-electron chi connectivity index (χ0n) is 25.8. The van der Waals surface area contributed by atoms with Crippen LogP contribution in [-0.2, 0) is 33.4 Å². The predicted octanol–water partition coefficient (Wildman–Crippen LogP) is 4.30. The molecule has 0 aliphatic carbocycles. The maximum absolute atomic E-state index is 13.5. The Hall–Kier alpha value is -4.18. The summed E-state index contributed by atoms with van der Waals surface area (Å²) in [5.41, 5.74) is 0.258. The van der Waals surface area contributed by atoms with Crippen LogP contribution in [0.4, 0.5) is 0 Å². The van der Waals surface area contributed by atoms with E-state index in [-0.39, 0.29) is 49.2 Å². The molecule has 2 aromatic carbocycles. The number of nitrogens with one attached hydrogen (secondary N) is 2. The van der Waals surface area contributed by atoms with Crippen molar-refractivity contribution < 1.29 is 38.5 Å². The number of phenols is 1. The largest absolute Gasteiger partial charge is 0.508 e. The van der Waals surface area contributed by atoms with E-state index in [1.807, 2.05) is 51.1 Å². The van der Waals surface area contributed by atoms with Gasteiger partial charge in [0.2, 0.25) is 11.8 Å². The Labute approximate surface area is 258 Å². The molecule has 0 aromatic heterocycles. The van der Waals surface area contributed by atoms with Crippen LogP contribution in [0.1, 0.15) is 70.7 Å². The predicted molar refractivity (Wildman–Crippen MR) is 162 cm³/mol. The number of ether oxygens (including phenoxy) is 3. The first-order chi connectivity index (χ1) is 20.9. The van der Waals surface area contributed by atoms with Crippen LogP contribution < -0.4 is 10.6 Å². The lowest BCUT2D eigenvalue weighted by Crippen LogP contribution is -2.47. The molecule has 2 aromatic rings. The molecule has 0 saturated carbocycles. The summed E-state index contributed by atoms with van der Waals surface area (Å²) in [5, 5.41) is 15.1. The Morgan fingerprint density at radius 1 is 0.932 bits per heavy atom. The van der Waals surface area contributed by atoms with Gasteiger partial charge in [-0.05, 0) is 55.5 Å². The molecule has 236 valence electrons. The zero-order valence-corrected chi connectivity index (χ0v) is 25.8. The maximum atomic E-state index is 13.5. The van der Waals surface area contributed by atoms with E-state index in [0.29, 0.717) is 5.56 Å². The molecule has 2 heterocycles. The van der Waals surface area contributed by atoms with Crippen molar-refractivity contribution >= 4 is 23.8 Å². The van der Waals surface area contributed by atoms with Crippen LogP contribution in [0.15, 0.2) is 66.7 Å². The molecule has 6 atom stereocenters. The van der Waals surface area contributed by atoms with Crippen LogP contribution in [-0.4, -0.2) is 53.7 Å². The molecule has 4 rings (SSSR count). The molecule has 2 unspecified atom stereocenters. The van der Waals surface area contributed by atoms with Crippen molar-refractivity contribution in [3.05, 3.63) is 77.9 Å². The van der Waals surface area contributed by atoms with Crippen LogP contribution in [0.3, 0.4) is 0 Å². The Bertz CT molecular complexity index is 1360. The normalized spacial score (nSPS) is 27.1. The zero-order chi connectivity index (χ0) is 32.0. The number of benzene rings is 2. The molecule has 0 spiro atoms. The second-order valence-corrected chi connectivity index (χ2v) is 12.6. The van der Waals surface area contributed by atoms with Crippen molar-refractivity contribution in [2.75, 3.05) is 6.54 Å². The summed E-state index contributed by atoms with van der Waals surface area (Å²) >= 11 is 0. The highest BCUT2D eigenvalue weighted by atomic mass is 16.6. The quantitative estimate of drug-likeness (QED) is 0.326. The van der Waals surface area contributed by atoms with E-state index in [1.54, 1.807) is 19.9 Å². The fraction of sp³-hybridized carbons (Fsp3) is 0.471. The van der Waals surface area contributed by atoms with Gasteiger partial charge in [0.1, 0.15) is 24.0 Å². The van der Waals surface area contributed by atoms with Gasteiger partial charge in [0.15, 0.2) is 6.10 Å². The van der Waals surface area contributed by atoms with Crippen LogP contribution in [0, 0.1) is 17.3 Å². The van der Waals surface area contributed by atoms with Gasteiger partial charge in [0, 0.05) is 18.9 Å². The smallest absolute Gasteiger partial charge is 0.347 e. The van der Waals surface area contributed by atoms with Gasteiger partial charge >= 0.3 is 11.9 Å². The van der Waals surface area contributed by atoms with Crippen LogP contribution >= 0.6 is 0 Å². The Balaban J connectivity index is 1.63.